The van der Waals surface area contributed by atoms with Gasteiger partial charge < -0.3 is 20.3 Å². The summed E-state index contributed by atoms with van der Waals surface area (Å²) in [6.45, 7) is 0.956. The molecule has 0 spiro atoms. The molecule has 1 fully saturated rings. The van der Waals surface area contributed by atoms with Crippen LogP contribution in [0.4, 0.5) is 5.69 Å². The minimum Gasteiger partial charge on any atom is -0.496 e. The number of halogens is 1. The van der Waals surface area contributed by atoms with Gasteiger partial charge >= 0.3 is 0 Å². The van der Waals surface area contributed by atoms with Crippen LogP contribution in [0.25, 0.3) is 0 Å². The second-order valence-corrected chi connectivity index (χ2v) is 6.08. The molecule has 0 saturated heterocycles. The highest BCUT2D eigenvalue weighted by atomic mass is 35.5. The van der Waals surface area contributed by atoms with Gasteiger partial charge in [-0.05, 0) is 30.7 Å². The molecule has 0 aromatic heterocycles. The van der Waals surface area contributed by atoms with E-state index in [0.717, 1.165) is 25.1 Å². The van der Waals surface area contributed by atoms with Crippen molar-refractivity contribution in [1.82, 2.24) is 0 Å². The van der Waals surface area contributed by atoms with E-state index in [4.69, 9.17) is 16.3 Å². The first-order chi connectivity index (χ1) is 10.2. The van der Waals surface area contributed by atoms with Gasteiger partial charge in [0.1, 0.15) is 5.75 Å². The lowest BCUT2D eigenvalue weighted by Gasteiger charge is -2.30. The lowest BCUT2D eigenvalue weighted by atomic mass is 9.79. The standard InChI is InChI=1S/C16H24ClNO3/c1-21-16-7-15(14(17)6-13(16)10-20)18-8-11-4-2-3-5-12(11)9-19/h6-7,11-12,18-20H,2-5,8-10H2,1H3. The van der Waals surface area contributed by atoms with Crippen molar-refractivity contribution >= 4 is 17.3 Å². The Morgan fingerprint density at radius 3 is 2.57 bits per heavy atom. The van der Waals surface area contributed by atoms with Crippen LogP contribution in [-0.4, -0.2) is 30.5 Å². The van der Waals surface area contributed by atoms with Crippen molar-refractivity contribution in [3.8, 4) is 5.75 Å². The average Bonchev–Trinajstić information content (AvgIpc) is 2.53. The monoisotopic (exact) mass is 313 g/mol. The van der Waals surface area contributed by atoms with Crippen LogP contribution in [0.2, 0.25) is 5.02 Å². The van der Waals surface area contributed by atoms with Crippen molar-refractivity contribution in [2.75, 3.05) is 25.6 Å². The molecule has 1 aromatic carbocycles. The molecule has 2 unspecified atom stereocenters. The summed E-state index contributed by atoms with van der Waals surface area (Å²) in [5, 5.41) is 22.7. The molecule has 0 amide bonds. The highest BCUT2D eigenvalue weighted by Gasteiger charge is 2.24. The minimum absolute atomic E-state index is 0.0988. The third kappa shape index (κ3) is 4.02. The summed E-state index contributed by atoms with van der Waals surface area (Å²) in [4.78, 5) is 0. The summed E-state index contributed by atoms with van der Waals surface area (Å²) >= 11 is 6.25. The van der Waals surface area contributed by atoms with Gasteiger partial charge in [0.15, 0.2) is 0 Å². The lowest BCUT2D eigenvalue weighted by molar-refractivity contribution is 0.141. The summed E-state index contributed by atoms with van der Waals surface area (Å²) in [5.74, 6) is 1.48. The number of hydrogen-bond donors (Lipinski definition) is 3. The van der Waals surface area contributed by atoms with Crippen molar-refractivity contribution in [3.05, 3.63) is 22.7 Å². The molecule has 2 atom stereocenters. The van der Waals surface area contributed by atoms with E-state index >= 15 is 0 Å². The van der Waals surface area contributed by atoms with E-state index < -0.39 is 0 Å². The fourth-order valence-electron chi connectivity index (χ4n) is 3.08. The van der Waals surface area contributed by atoms with Gasteiger partial charge in [-0.3, -0.25) is 0 Å². The Morgan fingerprint density at radius 1 is 1.24 bits per heavy atom. The molecular formula is C16H24ClNO3. The topological polar surface area (TPSA) is 61.7 Å². The Hall–Kier alpha value is -0.970. The fraction of sp³-hybridized carbons (Fsp3) is 0.625. The molecule has 0 aliphatic heterocycles. The lowest BCUT2D eigenvalue weighted by Crippen LogP contribution is -2.28. The zero-order valence-electron chi connectivity index (χ0n) is 12.4. The molecule has 2 rings (SSSR count). The number of benzene rings is 1. The van der Waals surface area contributed by atoms with Crippen molar-refractivity contribution in [2.24, 2.45) is 11.8 Å². The van der Waals surface area contributed by atoms with Crippen LogP contribution in [0.1, 0.15) is 31.2 Å². The van der Waals surface area contributed by atoms with E-state index in [2.05, 4.69) is 5.32 Å². The van der Waals surface area contributed by atoms with Gasteiger partial charge in [0.05, 0.1) is 24.4 Å². The number of rotatable bonds is 6. The van der Waals surface area contributed by atoms with Crippen LogP contribution < -0.4 is 10.1 Å². The minimum atomic E-state index is -0.0988. The highest BCUT2D eigenvalue weighted by molar-refractivity contribution is 6.33. The van der Waals surface area contributed by atoms with Crippen molar-refractivity contribution in [1.29, 1.82) is 0 Å². The van der Waals surface area contributed by atoms with Gasteiger partial charge in [-0.1, -0.05) is 24.4 Å². The second-order valence-electron chi connectivity index (χ2n) is 5.67. The van der Waals surface area contributed by atoms with Crippen molar-refractivity contribution in [2.45, 2.75) is 32.3 Å². The zero-order valence-corrected chi connectivity index (χ0v) is 13.2. The molecule has 1 aliphatic rings. The van der Waals surface area contributed by atoms with Crippen LogP contribution in [0.3, 0.4) is 0 Å². The maximum absolute atomic E-state index is 9.46. The molecule has 118 valence electrons. The summed E-state index contributed by atoms with van der Waals surface area (Å²) in [5.41, 5.74) is 1.49. The van der Waals surface area contributed by atoms with Crippen LogP contribution in [-0.2, 0) is 6.61 Å². The first-order valence-electron chi connectivity index (χ1n) is 7.51. The Morgan fingerprint density at radius 2 is 1.95 bits per heavy atom. The van der Waals surface area contributed by atoms with E-state index in [0.29, 0.717) is 28.2 Å². The second kappa shape index (κ2) is 7.87. The Bertz CT molecular complexity index is 467. The summed E-state index contributed by atoms with van der Waals surface area (Å²) < 4.78 is 5.27. The van der Waals surface area contributed by atoms with Crippen molar-refractivity contribution in [3.63, 3.8) is 0 Å². The Labute approximate surface area is 131 Å². The van der Waals surface area contributed by atoms with Crippen LogP contribution >= 0.6 is 11.6 Å². The maximum atomic E-state index is 9.46. The molecular weight excluding hydrogens is 290 g/mol. The molecule has 4 nitrogen and oxygen atoms in total. The number of aliphatic hydroxyl groups is 2. The highest BCUT2D eigenvalue weighted by Crippen LogP contribution is 2.33. The van der Waals surface area contributed by atoms with E-state index in [-0.39, 0.29) is 13.2 Å². The van der Waals surface area contributed by atoms with Crippen LogP contribution in [0.15, 0.2) is 12.1 Å². The average molecular weight is 314 g/mol. The summed E-state index contributed by atoms with van der Waals surface area (Å²) in [7, 11) is 1.58. The molecule has 3 N–H and O–H groups in total. The first kappa shape index (κ1) is 16.4. The zero-order chi connectivity index (χ0) is 15.2. The number of hydrogen-bond acceptors (Lipinski definition) is 4. The Balaban J connectivity index is 2.05. The SMILES string of the molecule is COc1cc(NCC2CCCCC2CO)c(Cl)cc1CO. The van der Waals surface area contributed by atoms with Gasteiger partial charge in [0, 0.05) is 24.8 Å². The largest absolute Gasteiger partial charge is 0.496 e. The van der Waals surface area contributed by atoms with E-state index in [1.807, 2.05) is 6.07 Å². The molecule has 5 heteroatoms. The normalized spacial score (nSPS) is 22.1. The van der Waals surface area contributed by atoms with Gasteiger partial charge in [-0.15, -0.1) is 0 Å². The van der Waals surface area contributed by atoms with Gasteiger partial charge in [-0.2, -0.15) is 0 Å². The molecule has 0 bridgehead atoms. The van der Waals surface area contributed by atoms with E-state index in [9.17, 15) is 10.2 Å². The third-order valence-corrected chi connectivity index (χ3v) is 4.71. The van der Waals surface area contributed by atoms with Crippen molar-refractivity contribution < 1.29 is 14.9 Å². The summed E-state index contributed by atoms with van der Waals surface area (Å²) in [6, 6.07) is 3.55. The number of nitrogens with one attached hydrogen (secondary N) is 1. The molecule has 1 aliphatic carbocycles. The number of ether oxygens (including phenoxy) is 1. The Kier molecular flexibility index (Phi) is 6.15. The van der Waals surface area contributed by atoms with E-state index in [1.165, 1.54) is 12.8 Å². The molecule has 0 heterocycles. The predicted molar refractivity (Wildman–Crippen MR) is 85.0 cm³/mol. The molecule has 21 heavy (non-hydrogen) atoms. The number of methoxy groups -OCH3 is 1. The van der Waals surface area contributed by atoms with Crippen LogP contribution in [0.5, 0.6) is 5.75 Å². The maximum Gasteiger partial charge on any atom is 0.126 e. The van der Waals surface area contributed by atoms with Gasteiger partial charge in [0.2, 0.25) is 0 Å². The van der Waals surface area contributed by atoms with Gasteiger partial charge in [0.25, 0.3) is 0 Å². The predicted octanol–water partition coefficient (Wildman–Crippen LogP) is 3.05. The molecule has 1 aromatic rings. The molecule has 1 saturated carbocycles. The molecule has 0 radical (unpaired) electrons. The van der Waals surface area contributed by atoms with E-state index in [1.54, 1.807) is 13.2 Å². The smallest absolute Gasteiger partial charge is 0.126 e. The third-order valence-electron chi connectivity index (χ3n) is 4.40. The number of anilines is 1. The van der Waals surface area contributed by atoms with Gasteiger partial charge in [-0.25, -0.2) is 0 Å². The van der Waals surface area contributed by atoms with Crippen LogP contribution in [0, 0.1) is 11.8 Å². The first-order valence-corrected chi connectivity index (χ1v) is 7.89. The summed E-state index contributed by atoms with van der Waals surface area (Å²) in [6.07, 6.45) is 4.68. The fourth-order valence-corrected chi connectivity index (χ4v) is 3.33. The quantitative estimate of drug-likeness (QED) is 0.755. The number of aliphatic hydroxyl groups excluding tert-OH is 2.